The van der Waals surface area contributed by atoms with E-state index in [2.05, 4.69) is 13.8 Å². The molecule has 0 spiro atoms. The molecule has 0 aliphatic carbocycles. The number of aliphatic hydroxyl groups excluding tert-OH is 1. The summed E-state index contributed by atoms with van der Waals surface area (Å²) in [5.41, 5.74) is 0. The number of carbonyl (C=O) groups is 1. The van der Waals surface area contributed by atoms with Crippen LogP contribution in [-0.4, -0.2) is 35.1 Å². The Labute approximate surface area is 98.8 Å². The Kier molecular flexibility index (Phi) is 5.81. The molecule has 1 heterocycles. The van der Waals surface area contributed by atoms with Gasteiger partial charge in [-0.25, -0.2) is 0 Å². The topological polar surface area (TPSA) is 40.5 Å². The second kappa shape index (κ2) is 6.89. The summed E-state index contributed by atoms with van der Waals surface area (Å²) in [6.07, 6.45) is 5.67. The van der Waals surface area contributed by atoms with Gasteiger partial charge in [0, 0.05) is 19.0 Å². The number of carbonyl (C=O) groups excluding carboxylic acids is 1. The molecule has 1 amide bonds. The van der Waals surface area contributed by atoms with Crippen LogP contribution in [-0.2, 0) is 4.79 Å². The van der Waals surface area contributed by atoms with Gasteiger partial charge in [-0.3, -0.25) is 4.79 Å². The highest BCUT2D eigenvalue weighted by Crippen LogP contribution is 2.19. The molecule has 1 aliphatic rings. The fraction of sp³-hybridized carbons (Fsp3) is 0.923. The van der Waals surface area contributed by atoms with Crippen LogP contribution >= 0.6 is 0 Å². The van der Waals surface area contributed by atoms with Gasteiger partial charge in [-0.2, -0.15) is 0 Å². The molecule has 3 heteroatoms. The first-order valence-corrected chi connectivity index (χ1v) is 6.65. The molecule has 1 fully saturated rings. The standard InChI is InChI=1S/C13H25NO2/c1-3-5-7-11(4-2)13(16)14-9-6-8-12(15)10-14/h11-12,15H,3-10H2,1-2H3/t11-,12-/m0/s1. The molecule has 3 nitrogen and oxygen atoms in total. The number of nitrogens with zero attached hydrogens (tertiary/aromatic N) is 1. The van der Waals surface area contributed by atoms with Gasteiger partial charge >= 0.3 is 0 Å². The van der Waals surface area contributed by atoms with Crippen LogP contribution in [0.1, 0.15) is 52.4 Å². The molecule has 1 aliphatic heterocycles. The summed E-state index contributed by atoms with van der Waals surface area (Å²) < 4.78 is 0. The van der Waals surface area contributed by atoms with Crippen LogP contribution in [0.4, 0.5) is 0 Å². The Morgan fingerprint density at radius 1 is 1.50 bits per heavy atom. The maximum absolute atomic E-state index is 12.2. The van der Waals surface area contributed by atoms with Gasteiger partial charge in [0.2, 0.25) is 5.91 Å². The molecular formula is C13H25NO2. The lowest BCUT2D eigenvalue weighted by Gasteiger charge is -2.32. The molecule has 1 N–H and O–H groups in total. The molecule has 0 saturated carbocycles. The van der Waals surface area contributed by atoms with Crippen LogP contribution in [0.2, 0.25) is 0 Å². The minimum absolute atomic E-state index is 0.172. The summed E-state index contributed by atoms with van der Waals surface area (Å²) in [6.45, 7) is 5.61. The van der Waals surface area contributed by atoms with Crippen molar-refractivity contribution in [3.8, 4) is 0 Å². The van der Waals surface area contributed by atoms with Gasteiger partial charge in [0.05, 0.1) is 6.10 Å². The lowest BCUT2D eigenvalue weighted by molar-refractivity contribution is -0.139. The van der Waals surface area contributed by atoms with Crippen molar-refractivity contribution in [1.29, 1.82) is 0 Å². The van der Waals surface area contributed by atoms with Gasteiger partial charge in [0.1, 0.15) is 0 Å². The van der Waals surface area contributed by atoms with Gasteiger partial charge in [-0.05, 0) is 25.7 Å². The van der Waals surface area contributed by atoms with Crippen molar-refractivity contribution >= 4 is 5.91 Å². The largest absolute Gasteiger partial charge is 0.391 e. The third-order valence-corrected chi connectivity index (χ3v) is 3.46. The molecule has 0 bridgehead atoms. The van der Waals surface area contributed by atoms with Gasteiger partial charge in [0.25, 0.3) is 0 Å². The molecule has 16 heavy (non-hydrogen) atoms. The number of β-amino-alcohol motifs (C(OH)–C–C–N with tert-alkyl or cyclic N) is 1. The molecule has 0 aromatic rings. The number of rotatable bonds is 5. The third kappa shape index (κ3) is 3.78. The average molecular weight is 227 g/mol. The average Bonchev–Trinajstić information content (AvgIpc) is 2.29. The minimum Gasteiger partial charge on any atom is -0.391 e. The maximum Gasteiger partial charge on any atom is 0.225 e. The van der Waals surface area contributed by atoms with E-state index < -0.39 is 0 Å². The van der Waals surface area contributed by atoms with E-state index >= 15 is 0 Å². The van der Waals surface area contributed by atoms with Crippen LogP contribution in [0.25, 0.3) is 0 Å². The fourth-order valence-electron chi connectivity index (χ4n) is 2.37. The predicted octanol–water partition coefficient (Wildman–Crippen LogP) is 2.19. The highest BCUT2D eigenvalue weighted by molar-refractivity contribution is 5.78. The normalized spacial score (nSPS) is 23.2. The van der Waals surface area contributed by atoms with Gasteiger partial charge in [0.15, 0.2) is 0 Å². The van der Waals surface area contributed by atoms with Crippen LogP contribution < -0.4 is 0 Å². The van der Waals surface area contributed by atoms with Crippen LogP contribution in [0, 0.1) is 5.92 Å². The molecule has 0 unspecified atom stereocenters. The molecule has 2 atom stereocenters. The van der Waals surface area contributed by atoms with Crippen LogP contribution in [0.5, 0.6) is 0 Å². The lowest BCUT2D eigenvalue weighted by atomic mass is 9.96. The van der Waals surface area contributed by atoms with Crippen molar-refractivity contribution in [3.05, 3.63) is 0 Å². The lowest BCUT2D eigenvalue weighted by Crippen LogP contribution is -2.44. The Bertz CT molecular complexity index is 218. The Morgan fingerprint density at radius 2 is 2.25 bits per heavy atom. The summed E-state index contributed by atoms with van der Waals surface area (Å²) in [5, 5.41) is 9.57. The van der Waals surface area contributed by atoms with E-state index in [9.17, 15) is 9.90 Å². The highest BCUT2D eigenvalue weighted by Gasteiger charge is 2.26. The monoisotopic (exact) mass is 227 g/mol. The Hall–Kier alpha value is -0.570. The molecule has 1 rings (SSSR count). The Balaban J connectivity index is 2.46. The van der Waals surface area contributed by atoms with Crippen molar-refractivity contribution < 1.29 is 9.90 Å². The maximum atomic E-state index is 12.2. The van der Waals surface area contributed by atoms with Gasteiger partial charge in [-0.15, -0.1) is 0 Å². The van der Waals surface area contributed by atoms with Crippen LogP contribution in [0.15, 0.2) is 0 Å². The quantitative estimate of drug-likeness (QED) is 0.782. The summed E-state index contributed by atoms with van der Waals surface area (Å²) in [6, 6.07) is 0. The number of piperidine rings is 1. The molecule has 94 valence electrons. The van der Waals surface area contributed by atoms with E-state index in [1.54, 1.807) is 0 Å². The van der Waals surface area contributed by atoms with Crippen molar-refractivity contribution in [2.45, 2.75) is 58.5 Å². The van der Waals surface area contributed by atoms with E-state index in [0.29, 0.717) is 6.54 Å². The first kappa shape index (κ1) is 13.5. The Morgan fingerprint density at radius 3 is 2.81 bits per heavy atom. The zero-order chi connectivity index (χ0) is 12.0. The highest BCUT2D eigenvalue weighted by atomic mass is 16.3. The number of hydrogen-bond acceptors (Lipinski definition) is 2. The van der Waals surface area contributed by atoms with E-state index in [1.807, 2.05) is 4.90 Å². The predicted molar refractivity (Wildman–Crippen MR) is 65.1 cm³/mol. The summed E-state index contributed by atoms with van der Waals surface area (Å²) in [5.74, 6) is 0.431. The summed E-state index contributed by atoms with van der Waals surface area (Å²) >= 11 is 0. The van der Waals surface area contributed by atoms with Crippen LogP contribution in [0.3, 0.4) is 0 Å². The first-order chi connectivity index (χ1) is 7.69. The van der Waals surface area contributed by atoms with E-state index in [0.717, 1.165) is 45.1 Å². The third-order valence-electron chi connectivity index (χ3n) is 3.46. The van der Waals surface area contributed by atoms with Crippen molar-refractivity contribution in [2.75, 3.05) is 13.1 Å². The fourth-order valence-corrected chi connectivity index (χ4v) is 2.37. The zero-order valence-corrected chi connectivity index (χ0v) is 10.6. The minimum atomic E-state index is -0.304. The summed E-state index contributed by atoms with van der Waals surface area (Å²) in [4.78, 5) is 14.1. The van der Waals surface area contributed by atoms with Crippen molar-refractivity contribution in [1.82, 2.24) is 4.90 Å². The van der Waals surface area contributed by atoms with Crippen molar-refractivity contribution in [3.63, 3.8) is 0 Å². The number of hydrogen-bond donors (Lipinski definition) is 1. The molecule has 0 aromatic carbocycles. The van der Waals surface area contributed by atoms with Gasteiger partial charge in [-0.1, -0.05) is 26.7 Å². The number of amides is 1. The molecule has 0 radical (unpaired) electrons. The van der Waals surface area contributed by atoms with Gasteiger partial charge < -0.3 is 10.0 Å². The molecular weight excluding hydrogens is 202 g/mol. The van der Waals surface area contributed by atoms with E-state index in [-0.39, 0.29) is 17.9 Å². The SMILES string of the molecule is CCCC[C@H](CC)C(=O)N1CCC[C@H](O)C1. The van der Waals surface area contributed by atoms with E-state index in [4.69, 9.17) is 0 Å². The number of aliphatic hydroxyl groups is 1. The first-order valence-electron chi connectivity index (χ1n) is 6.65. The zero-order valence-electron chi connectivity index (χ0n) is 10.6. The smallest absolute Gasteiger partial charge is 0.225 e. The second-order valence-corrected chi connectivity index (χ2v) is 4.83. The number of unbranched alkanes of at least 4 members (excludes halogenated alkanes) is 1. The second-order valence-electron chi connectivity index (χ2n) is 4.83. The number of likely N-dealkylation sites (tertiary alicyclic amines) is 1. The van der Waals surface area contributed by atoms with E-state index in [1.165, 1.54) is 0 Å². The van der Waals surface area contributed by atoms with Crippen molar-refractivity contribution in [2.24, 2.45) is 5.92 Å². The summed E-state index contributed by atoms with van der Waals surface area (Å²) in [7, 11) is 0. The molecule has 0 aromatic heterocycles. The molecule has 1 saturated heterocycles.